The highest BCUT2D eigenvalue weighted by Crippen LogP contribution is 1.82. The van der Waals surface area contributed by atoms with Crippen LogP contribution in [0.3, 0.4) is 0 Å². The first kappa shape index (κ1) is 9.87. The molecule has 0 amide bonds. The smallest absolute Gasteiger partial charge is 0.211 e. The quantitative estimate of drug-likeness (QED) is 0.532. The molecule has 0 unspecified atom stereocenters. The fourth-order valence-corrected chi connectivity index (χ4v) is 1.07. The van der Waals surface area contributed by atoms with Crippen molar-refractivity contribution in [1.29, 1.82) is 0 Å². The predicted molar refractivity (Wildman–Crippen MR) is 39.2 cm³/mol. The van der Waals surface area contributed by atoms with Gasteiger partial charge < -0.3 is 5.11 Å². The summed E-state index contributed by atoms with van der Waals surface area (Å²) in [5.74, 6) is 0.0957. The van der Waals surface area contributed by atoms with Gasteiger partial charge in [0.25, 0.3) is 0 Å². The lowest BCUT2D eigenvalue weighted by Crippen LogP contribution is -2.26. The number of nitrogens with one attached hydrogen (secondary N) is 1. The molecule has 0 aromatic carbocycles. The van der Waals surface area contributed by atoms with E-state index in [9.17, 15) is 8.42 Å². The number of hydrogen-bond acceptors (Lipinski definition) is 3. The van der Waals surface area contributed by atoms with E-state index in [1.807, 2.05) is 0 Å². The van der Waals surface area contributed by atoms with Crippen LogP contribution in [-0.2, 0) is 10.0 Å². The highest BCUT2D eigenvalue weighted by atomic mass is 32.2. The van der Waals surface area contributed by atoms with Crippen LogP contribution >= 0.6 is 0 Å². The van der Waals surface area contributed by atoms with Crippen molar-refractivity contribution in [1.82, 2.24) is 4.72 Å². The van der Waals surface area contributed by atoms with Crippen molar-refractivity contribution in [3.05, 3.63) is 0 Å². The van der Waals surface area contributed by atoms with Gasteiger partial charge in [0.05, 0.1) is 5.75 Å². The van der Waals surface area contributed by atoms with Gasteiger partial charge in [0.2, 0.25) is 10.0 Å². The van der Waals surface area contributed by atoms with Gasteiger partial charge in [-0.25, -0.2) is 13.1 Å². The fraction of sp³-hybridized carbons (Fsp3) is 1.00. The average molecular weight is 167 g/mol. The van der Waals surface area contributed by atoms with E-state index < -0.39 is 10.0 Å². The molecule has 2 N–H and O–H groups in total. The molecule has 0 saturated heterocycles. The molecule has 10 heavy (non-hydrogen) atoms. The monoisotopic (exact) mass is 167 g/mol. The third-order valence-corrected chi connectivity index (χ3v) is 2.44. The highest BCUT2D eigenvalue weighted by Gasteiger charge is 2.02. The minimum Gasteiger partial charge on any atom is -0.396 e. The molecule has 5 heteroatoms. The van der Waals surface area contributed by atoms with Crippen molar-refractivity contribution in [2.24, 2.45) is 0 Å². The Balaban J connectivity index is 3.49. The lowest BCUT2D eigenvalue weighted by molar-refractivity contribution is 0.289. The van der Waals surface area contributed by atoms with Crippen LogP contribution in [0.4, 0.5) is 0 Å². The Kier molecular flexibility index (Phi) is 4.59. The maximum atomic E-state index is 10.7. The van der Waals surface area contributed by atoms with Gasteiger partial charge in [0.15, 0.2) is 0 Å². The number of aliphatic hydroxyl groups excluding tert-OH is 1. The zero-order chi connectivity index (χ0) is 8.04. The Morgan fingerprint density at radius 1 is 1.50 bits per heavy atom. The van der Waals surface area contributed by atoms with Crippen LogP contribution in [0.25, 0.3) is 0 Å². The lowest BCUT2D eigenvalue weighted by Gasteiger charge is -2.00. The van der Waals surface area contributed by atoms with Gasteiger partial charge in [-0.05, 0) is 13.3 Å². The van der Waals surface area contributed by atoms with Gasteiger partial charge in [-0.3, -0.25) is 0 Å². The normalized spacial score (nSPS) is 11.8. The first-order valence-corrected chi connectivity index (χ1v) is 4.86. The largest absolute Gasteiger partial charge is 0.396 e. The summed E-state index contributed by atoms with van der Waals surface area (Å²) in [5.41, 5.74) is 0. The molecule has 0 aromatic heterocycles. The molecule has 0 aliphatic heterocycles. The molecule has 0 bridgehead atoms. The molecule has 0 fully saturated rings. The standard InChI is InChI=1S/C5H13NO3S/c1-2-10(8,9)6-4-3-5-7/h6-7H,2-5H2,1H3. The van der Waals surface area contributed by atoms with Crippen LogP contribution in [0.5, 0.6) is 0 Å². The molecule has 0 spiro atoms. The van der Waals surface area contributed by atoms with Gasteiger partial charge in [-0.2, -0.15) is 0 Å². The zero-order valence-corrected chi connectivity index (χ0v) is 6.82. The maximum absolute atomic E-state index is 10.7. The molecule has 0 atom stereocenters. The van der Waals surface area contributed by atoms with Gasteiger partial charge in [-0.1, -0.05) is 0 Å². The fourth-order valence-electron chi connectivity index (χ4n) is 0.409. The third-order valence-electron chi connectivity index (χ3n) is 1.04. The Labute approximate surface area is 61.3 Å². The Morgan fingerprint density at radius 2 is 2.10 bits per heavy atom. The highest BCUT2D eigenvalue weighted by molar-refractivity contribution is 7.89. The molecule has 0 radical (unpaired) electrons. The van der Waals surface area contributed by atoms with Crippen LogP contribution in [0.15, 0.2) is 0 Å². The molecular formula is C5H13NO3S. The summed E-state index contributed by atoms with van der Waals surface area (Å²) in [6.45, 7) is 1.92. The summed E-state index contributed by atoms with van der Waals surface area (Å²) in [4.78, 5) is 0. The second-order valence-corrected chi connectivity index (χ2v) is 3.97. The number of hydrogen-bond donors (Lipinski definition) is 2. The Hall–Kier alpha value is -0.130. The van der Waals surface area contributed by atoms with E-state index in [0.29, 0.717) is 13.0 Å². The molecule has 0 heterocycles. The SMILES string of the molecule is CCS(=O)(=O)NCCCO. The minimum atomic E-state index is -3.05. The topological polar surface area (TPSA) is 66.4 Å². The second-order valence-electron chi connectivity index (χ2n) is 1.87. The molecule has 0 aliphatic carbocycles. The van der Waals surface area contributed by atoms with Gasteiger partial charge >= 0.3 is 0 Å². The van der Waals surface area contributed by atoms with Crippen molar-refractivity contribution in [3.8, 4) is 0 Å². The van der Waals surface area contributed by atoms with Crippen LogP contribution < -0.4 is 4.72 Å². The Bertz CT molecular complexity index is 164. The molecule has 0 aromatic rings. The third kappa shape index (κ3) is 4.72. The van der Waals surface area contributed by atoms with Gasteiger partial charge in [0, 0.05) is 13.2 Å². The summed E-state index contributed by atoms with van der Waals surface area (Å²) in [5, 5.41) is 8.30. The maximum Gasteiger partial charge on any atom is 0.211 e. The summed E-state index contributed by atoms with van der Waals surface area (Å²) < 4.78 is 23.7. The molecule has 0 aliphatic rings. The van der Waals surface area contributed by atoms with Crippen molar-refractivity contribution >= 4 is 10.0 Å². The molecular weight excluding hydrogens is 154 g/mol. The lowest BCUT2D eigenvalue weighted by atomic mass is 10.5. The van der Waals surface area contributed by atoms with Crippen LogP contribution in [0.2, 0.25) is 0 Å². The van der Waals surface area contributed by atoms with E-state index in [-0.39, 0.29) is 12.4 Å². The second kappa shape index (κ2) is 4.65. The van der Waals surface area contributed by atoms with Gasteiger partial charge in [0.1, 0.15) is 0 Å². The van der Waals surface area contributed by atoms with E-state index in [0.717, 1.165) is 0 Å². The summed E-state index contributed by atoms with van der Waals surface area (Å²) in [7, 11) is -3.05. The number of sulfonamides is 1. The van der Waals surface area contributed by atoms with E-state index in [4.69, 9.17) is 5.11 Å². The van der Waals surface area contributed by atoms with Crippen LogP contribution in [0, 0.1) is 0 Å². The first-order valence-electron chi connectivity index (χ1n) is 3.20. The predicted octanol–water partition coefficient (Wildman–Crippen LogP) is -0.692. The van der Waals surface area contributed by atoms with E-state index >= 15 is 0 Å². The molecule has 4 nitrogen and oxygen atoms in total. The van der Waals surface area contributed by atoms with Crippen molar-refractivity contribution in [2.45, 2.75) is 13.3 Å². The minimum absolute atomic E-state index is 0.0201. The molecule has 62 valence electrons. The average Bonchev–Trinajstić information content (AvgIpc) is 1.89. The van der Waals surface area contributed by atoms with E-state index in [2.05, 4.69) is 4.72 Å². The summed E-state index contributed by atoms with van der Waals surface area (Å²) >= 11 is 0. The number of rotatable bonds is 5. The van der Waals surface area contributed by atoms with Crippen molar-refractivity contribution in [3.63, 3.8) is 0 Å². The number of aliphatic hydroxyl groups is 1. The zero-order valence-electron chi connectivity index (χ0n) is 6.00. The van der Waals surface area contributed by atoms with Gasteiger partial charge in [-0.15, -0.1) is 0 Å². The molecule has 0 rings (SSSR count). The van der Waals surface area contributed by atoms with E-state index in [1.54, 1.807) is 6.92 Å². The summed E-state index contributed by atoms with van der Waals surface area (Å²) in [6.07, 6.45) is 0.471. The van der Waals surface area contributed by atoms with Crippen LogP contribution in [0.1, 0.15) is 13.3 Å². The van der Waals surface area contributed by atoms with Crippen molar-refractivity contribution in [2.75, 3.05) is 18.9 Å². The van der Waals surface area contributed by atoms with E-state index in [1.165, 1.54) is 0 Å². The summed E-state index contributed by atoms with van der Waals surface area (Å²) in [6, 6.07) is 0. The van der Waals surface area contributed by atoms with Crippen LogP contribution in [-0.4, -0.2) is 32.4 Å². The van der Waals surface area contributed by atoms with Crippen molar-refractivity contribution < 1.29 is 13.5 Å². The first-order chi connectivity index (χ1) is 4.62. The molecule has 0 saturated carbocycles. The Morgan fingerprint density at radius 3 is 2.50 bits per heavy atom.